The molecule has 7 heteroatoms. The molecule has 1 aliphatic carbocycles. The molecule has 1 aliphatic rings. The molecule has 1 heterocycles. The summed E-state index contributed by atoms with van der Waals surface area (Å²) in [6.07, 6.45) is 3.29. The Morgan fingerprint density at radius 1 is 1.30 bits per heavy atom. The third-order valence-corrected chi connectivity index (χ3v) is 5.45. The highest BCUT2D eigenvalue weighted by Crippen LogP contribution is 2.41. The number of hydrogen-bond donors (Lipinski definition) is 2. The molecule has 0 unspecified atom stereocenters. The molecule has 3 rings (SSSR count). The second-order valence-electron chi connectivity index (χ2n) is 5.82. The first-order valence-corrected chi connectivity index (χ1v) is 8.84. The van der Waals surface area contributed by atoms with E-state index in [1.54, 1.807) is 0 Å². The Hall–Kier alpha value is -2.12. The number of aromatic nitrogens is 1. The number of nitrogens with one attached hydrogen (secondary N) is 1. The number of carboxylic acids is 1. The summed E-state index contributed by atoms with van der Waals surface area (Å²) in [5, 5.41) is 9.07. The van der Waals surface area contributed by atoms with Gasteiger partial charge in [0.1, 0.15) is 10.6 Å². The lowest BCUT2D eigenvalue weighted by Crippen LogP contribution is -2.29. The van der Waals surface area contributed by atoms with E-state index in [4.69, 9.17) is 5.11 Å². The standard InChI is InChI=1S/C16H18N2O4S/c1-18-10-13(9-14(18)16(19)20)23(21,22)17-15(12-7-8-12)11-5-3-2-4-6-11/h2-6,9-10,12,15,17H,7-8H2,1H3,(H,19,20)/t15-/m1/s1. The van der Waals surface area contributed by atoms with Crippen LogP contribution in [-0.2, 0) is 17.1 Å². The van der Waals surface area contributed by atoms with Crippen LogP contribution in [0.15, 0.2) is 47.5 Å². The van der Waals surface area contributed by atoms with Gasteiger partial charge in [0.05, 0.1) is 0 Å². The Morgan fingerprint density at radius 2 is 1.96 bits per heavy atom. The van der Waals surface area contributed by atoms with E-state index in [0.29, 0.717) is 0 Å². The van der Waals surface area contributed by atoms with Crippen LogP contribution in [0.1, 0.15) is 34.9 Å². The Balaban J connectivity index is 1.90. The monoisotopic (exact) mass is 334 g/mol. The van der Waals surface area contributed by atoms with Crippen molar-refractivity contribution in [2.45, 2.75) is 23.8 Å². The SMILES string of the molecule is Cn1cc(S(=O)(=O)N[C@H](c2ccccc2)C2CC2)cc1C(=O)O. The Morgan fingerprint density at radius 3 is 2.48 bits per heavy atom. The van der Waals surface area contributed by atoms with Crippen LogP contribution in [0.25, 0.3) is 0 Å². The summed E-state index contributed by atoms with van der Waals surface area (Å²) in [5.41, 5.74) is 0.862. The average molecular weight is 334 g/mol. The van der Waals surface area contributed by atoms with Crippen molar-refractivity contribution in [3.63, 3.8) is 0 Å². The molecule has 1 saturated carbocycles. The van der Waals surface area contributed by atoms with Crippen LogP contribution in [0, 0.1) is 5.92 Å². The minimum Gasteiger partial charge on any atom is -0.477 e. The van der Waals surface area contributed by atoms with Crippen LogP contribution >= 0.6 is 0 Å². The van der Waals surface area contributed by atoms with E-state index in [-0.39, 0.29) is 22.5 Å². The van der Waals surface area contributed by atoms with E-state index in [1.165, 1.54) is 23.9 Å². The molecular weight excluding hydrogens is 316 g/mol. The van der Waals surface area contributed by atoms with Crippen LogP contribution in [-0.4, -0.2) is 24.1 Å². The number of sulfonamides is 1. The van der Waals surface area contributed by atoms with Gasteiger partial charge in [-0.25, -0.2) is 17.9 Å². The molecule has 122 valence electrons. The van der Waals surface area contributed by atoms with E-state index >= 15 is 0 Å². The van der Waals surface area contributed by atoms with Crippen molar-refractivity contribution in [3.8, 4) is 0 Å². The number of rotatable bonds is 6. The van der Waals surface area contributed by atoms with Gasteiger partial charge in [-0.3, -0.25) is 0 Å². The summed E-state index contributed by atoms with van der Waals surface area (Å²) in [6.45, 7) is 0. The van der Waals surface area contributed by atoms with Crippen molar-refractivity contribution in [2.75, 3.05) is 0 Å². The summed E-state index contributed by atoms with van der Waals surface area (Å²) < 4.78 is 29.3. The normalized spacial score (nSPS) is 16.2. The van der Waals surface area contributed by atoms with E-state index in [0.717, 1.165) is 18.4 Å². The molecule has 0 spiro atoms. The number of hydrogen-bond acceptors (Lipinski definition) is 3. The minimum absolute atomic E-state index is 0.0287. The molecule has 1 atom stereocenters. The van der Waals surface area contributed by atoms with Gasteiger partial charge in [-0.1, -0.05) is 30.3 Å². The van der Waals surface area contributed by atoms with Crippen molar-refractivity contribution in [3.05, 3.63) is 53.9 Å². The number of aryl methyl sites for hydroxylation is 1. The van der Waals surface area contributed by atoms with Crippen LogP contribution in [0.3, 0.4) is 0 Å². The van der Waals surface area contributed by atoms with Crippen molar-refractivity contribution in [1.82, 2.24) is 9.29 Å². The summed E-state index contributed by atoms with van der Waals surface area (Å²) >= 11 is 0. The molecule has 0 amide bonds. The van der Waals surface area contributed by atoms with Gasteiger partial charge in [-0.2, -0.15) is 0 Å². The van der Waals surface area contributed by atoms with E-state index in [9.17, 15) is 13.2 Å². The predicted octanol–water partition coefficient (Wildman–Crippen LogP) is 2.15. The maximum atomic E-state index is 12.6. The van der Waals surface area contributed by atoms with Gasteiger partial charge in [-0.15, -0.1) is 0 Å². The van der Waals surface area contributed by atoms with Gasteiger partial charge in [0.2, 0.25) is 10.0 Å². The van der Waals surface area contributed by atoms with Crippen molar-refractivity contribution < 1.29 is 18.3 Å². The maximum Gasteiger partial charge on any atom is 0.352 e. The number of aromatic carboxylic acids is 1. The quantitative estimate of drug-likeness (QED) is 0.847. The fourth-order valence-corrected chi connectivity index (χ4v) is 4.02. The molecule has 6 nitrogen and oxygen atoms in total. The third-order valence-electron chi connectivity index (χ3n) is 4.04. The Bertz CT molecular complexity index is 823. The molecule has 2 N–H and O–H groups in total. The number of carbonyl (C=O) groups is 1. The average Bonchev–Trinajstić information content (AvgIpc) is 3.27. The van der Waals surface area contributed by atoms with E-state index in [1.807, 2.05) is 30.3 Å². The highest BCUT2D eigenvalue weighted by molar-refractivity contribution is 7.89. The zero-order valence-corrected chi connectivity index (χ0v) is 13.5. The lowest BCUT2D eigenvalue weighted by molar-refractivity contribution is 0.0686. The molecule has 1 aromatic carbocycles. The van der Waals surface area contributed by atoms with E-state index < -0.39 is 16.0 Å². The van der Waals surface area contributed by atoms with Crippen molar-refractivity contribution >= 4 is 16.0 Å². The lowest BCUT2D eigenvalue weighted by Gasteiger charge is -2.18. The zero-order valence-electron chi connectivity index (χ0n) is 12.6. The van der Waals surface area contributed by atoms with E-state index in [2.05, 4.69) is 4.72 Å². The molecule has 0 radical (unpaired) electrons. The largest absolute Gasteiger partial charge is 0.477 e. The second-order valence-corrected chi connectivity index (χ2v) is 7.54. The van der Waals surface area contributed by atoms with Crippen LogP contribution in [0.2, 0.25) is 0 Å². The fourth-order valence-electron chi connectivity index (χ4n) is 2.66. The van der Waals surface area contributed by atoms with Crippen molar-refractivity contribution in [2.24, 2.45) is 13.0 Å². The maximum absolute atomic E-state index is 12.6. The van der Waals surface area contributed by atoms with Gasteiger partial charge in [0, 0.05) is 19.3 Å². The first-order chi connectivity index (χ1) is 10.9. The van der Waals surface area contributed by atoms with Crippen LogP contribution in [0.4, 0.5) is 0 Å². The smallest absolute Gasteiger partial charge is 0.352 e. The predicted molar refractivity (Wildman–Crippen MR) is 84.6 cm³/mol. The van der Waals surface area contributed by atoms with Gasteiger partial charge in [0.25, 0.3) is 0 Å². The minimum atomic E-state index is -3.78. The summed E-state index contributed by atoms with van der Waals surface area (Å²) in [6, 6.07) is 10.3. The van der Waals surface area contributed by atoms with Gasteiger partial charge < -0.3 is 9.67 Å². The molecule has 2 aromatic rings. The number of carboxylic acid groups (broad SMARTS) is 1. The molecular formula is C16H18N2O4S. The third kappa shape index (κ3) is 3.30. The number of benzene rings is 1. The second kappa shape index (κ2) is 5.82. The molecule has 23 heavy (non-hydrogen) atoms. The Labute approximate surface area is 134 Å². The van der Waals surface area contributed by atoms with Gasteiger partial charge in [0.15, 0.2) is 0 Å². The van der Waals surface area contributed by atoms with Crippen LogP contribution < -0.4 is 4.72 Å². The molecule has 1 fully saturated rings. The Kier molecular flexibility index (Phi) is 3.99. The zero-order chi connectivity index (χ0) is 16.6. The first-order valence-electron chi connectivity index (χ1n) is 7.35. The summed E-state index contributed by atoms with van der Waals surface area (Å²) in [4.78, 5) is 11.1. The van der Waals surface area contributed by atoms with Crippen molar-refractivity contribution in [1.29, 1.82) is 0 Å². The van der Waals surface area contributed by atoms with Gasteiger partial charge in [-0.05, 0) is 30.4 Å². The molecule has 1 aromatic heterocycles. The lowest BCUT2D eigenvalue weighted by atomic mass is 10.0. The highest BCUT2D eigenvalue weighted by atomic mass is 32.2. The first kappa shape index (κ1) is 15.8. The molecule has 0 bridgehead atoms. The fraction of sp³-hybridized carbons (Fsp3) is 0.312. The van der Waals surface area contributed by atoms with Gasteiger partial charge >= 0.3 is 5.97 Å². The number of nitrogens with zero attached hydrogens (tertiary/aromatic N) is 1. The summed E-state index contributed by atoms with van der Waals surface area (Å²) in [5.74, 6) is -0.870. The highest BCUT2D eigenvalue weighted by Gasteiger charge is 2.35. The molecule has 0 aliphatic heterocycles. The van der Waals surface area contributed by atoms with Crippen LogP contribution in [0.5, 0.6) is 0 Å². The molecule has 0 saturated heterocycles. The summed E-state index contributed by atoms with van der Waals surface area (Å²) in [7, 11) is -2.27. The topological polar surface area (TPSA) is 88.4 Å².